The van der Waals surface area contributed by atoms with E-state index in [-0.39, 0.29) is 0 Å². The fourth-order valence-electron chi connectivity index (χ4n) is 2.33. The molecule has 1 aliphatic carbocycles. The third-order valence-electron chi connectivity index (χ3n) is 3.40. The van der Waals surface area contributed by atoms with Crippen LogP contribution in [0.25, 0.3) is 0 Å². The molecule has 0 saturated heterocycles. The smallest absolute Gasteiger partial charge is 0.0159 e. The van der Waals surface area contributed by atoms with E-state index in [0.717, 1.165) is 18.4 Å². The van der Waals surface area contributed by atoms with Crippen molar-refractivity contribution in [3.05, 3.63) is 12.2 Å². The third-order valence-corrected chi connectivity index (χ3v) is 3.40. The predicted octanol–water partition coefficient (Wildman–Crippen LogP) is 3.37. The lowest BCUT2D eigenvalue weighted by molar-refractivity contribution is 0.264. The van der Waals surface area contributed by atoms with E-state index < -0.39 is 0 Å². The van der Waals surface area contributed by atoms with E-state index in [1.807, 2.05) is 0 Å². The first-order chi connectivity index (χ1) is 6.72. The minimum atomic E-state index is 0.928. The highest BCUT2D eigenvalue weighted by Crippen LogP contribution is 2.29. The molecule has 14 heavy (non-hydrogen) atoms. The fraction of sp³-hybridized carbons (Fsp3) is 0.846. The zero-order valence-electron chi connectivity index (χ0n) is 9.81. The molecule has 0 bridgehead atoms. The summed E-state index contributed by atoms with van der Waals surface area (Å²) >= 11 is 0. The van der Waals surface area contributed by atoms with Gasteiger partial charge in [0.2, 0.25) is 0 Å². The van der Waals surface area contributed by atoms with E-state index >= 15 is 0 Å². The second-order valence-corrected chi connectivity index (χ2v) is 4.88. The summed E-state index contributed by atoms with van der Waals surface area (Å²) in [5.74, 6) is 1.95. The van der Waals surface area contributed by atoms with E-state index in [2.05, 4.69) is 25.7 Å². The summed E-state index contributed by atoms with van der Waals surface area (Å²) in [7, 11) is 0. The molecule has 0 unspecified atom stereocenters. The minimum absolute atomic E-state index is 0.928. The number of hydrogen-bond donors (Lipinski definition) is 1. The molecular weight excluding hydrogens is 170 g/mol. The Labute approximate surface area is 89.0 Å². The van der Waals surface area contributed by atoms with Crippen LogP contribution in [-0.2, 0) is 0 Å². The van der Waals surface area contributed by atoms with Gasteiger partial charge < -0.3 is 5.32 Å². The first-order valence-corrected chi connectivity index (χ1v) is 6.07. The maximum absolute atomic E-state index is 3.90. The van der Waals surface area contributed by atoms with Gasteiger partial charge in [0.05, 0.1) is 0 Å². The van der Waals surface area contributed by atoms with Crippen molar-refractivity contribution < 1.29 is 0 Å². The van der Waals surface area contributed by atoms with Gasteiger partial charge in [-0.15, -0.1) is 0 Å². The monoisotopic (exact) mass is 195 g/mol. The first kappa shape index (κ1) is 11.8. The summed E-state index contributed by atoms with van der Waals surface area (Å²) < 4.78 is 0. The van der Waals surface area contributed by atoms with Crippen LogP contribution in [0, 0.1) is 11.8 Å². The molecule has 1 aliphatic rings. The van der Waals surface area contributed by atoms with E-state index in [1.165, 1.54) is 44.2 Å². The van der Waals surface area contributed by atoms with Crippen LogP contribution in [0.4, 0.5) is 0 Å². The summed E-state index contributed by atoms with van der Waals surface area (Å²) in [5.41, 5.74) is 1.24. The second-order valence-electron chi connectivity index (χ2n) is 4.88. The standard InChI is InChI=1S/C13H25N/c1-4-12-5-7-13(8-6-12)10-14-9-11(2)3/h12-14H,2,4-10H2,1,3H3. The van der Waals surface area contributed by atoms with Crippen LogP contribution < -0.4 is 5.32 Å². The number of nitrogens with one attached hydrogen (secondary N) is 1. The maximum atomic E-state index is 3.90. The molecule has 0 aromatic carbocycles. The van der Waals surface area contributed by atoms with Crippen LogP contribution in [0.2, 0.25) is 0 Å². The van der Waals surface area contributed by atoms with Crippen molar-refractivity contribution in [3.63, 3.8) is 0 Å². The van der Waals surface area contributed by atoms with E-state index in [9.17, 15) is 0 Å². The highest BCUT2D eigenvalue weighted by molar-refractivity contribution is 4.90. The normalized spacial score (nSPS) is 27.6. The SMILES string of the molecule is C=C(C)CNCC1CCC(CC)CC1. The van der Waals surface area contributed by atoms with Crippen LogP contribution in [0.5, 0.6) is 0 Å². The number of hydrogen-bond acceptors (Lipinski definition) is 1. The minimum Gasteiger partial charge on any atom is -0.313 e. The van der Waals surface area contributed by atoms with Crippen LogP contribution >= 0.6 is 0 Å². The van der Waals surface area contributed by atoms with Gasteiger partial charge in [0.1, 0.15) is 0 Å². The van der Waals surface area contributed by atoms with E-state index in [1.54, 1.807) is 0 Å². The van der Waals surface area contributed by atoms with Crippen molar-refractivity contribution in [3.8, 4) is 0 Å². The average molecular weight is 195 g/mol. The quantitative estimate of drug-likeness (QED) is 0.663. The molecule has 82 valence electrons. The van der Waals surface area contributed by atoms with Crippen molar-refractivity contribution in [2.75, 3.05) is 13.1 Å². The summed E-state index contributed by atoms with van der Waals surface area (Å²) in [4.78, 5) is 0. The van der Waals surface area contributed by atoms with Crippen molar-refractivity contribution in [1.82, 2.24) is 5.32 Å². The van der Waals surface area contributed by atoms with Crippen molar-refractivity contribution in [2.45, 2.75) is 46.0 Å². The zero-order chi connectivity index (χ0) is 10.4. The first-order valence-electron chi connectivity index (χ1n) is 6.07. The van der Waals surface area contributed by atoms with Crippen LogP contribution in [0.3, 0.4) is 0 Å². The molecule has 0 amide bonds. The Hall–Kier alpha value is -0.300. The molecule has 1 nitrogen and oxygen atoms in total. The van der Waals surface area contributed by atoms with Gasteiger partial charge in [-0.25, -0.2) is 0 Å². The summed E-state index contributed by atoms with van der Waals surface area (Å²) in [6, 6.07) is 0. The molecule has 1 saturated carbocycles. The molecule has 0 radical (unpaired) electrons. The van der Waals surface area contributed by atoms with Crippen LogP contribution in [-0.4, -0.2) is 13.1 Å². The lowest BCUT2D eigenvalue weighted by Crippen LogP contribution is -2.27. The lowest BCUT2D eigenvalue weighted by Gasteiger charge is -2.27. The highest BCUT2D eigenvalue weighted by atomic mass is 14.9. The van der Waals surface area contributed by atoms with Gasteiger partial charge in [0.15, 0.2) is 0 Å². The van der Waals surface area contributed by atoms with Gasteiger partial charge in [0, 0.05) is 6.54 Å². The van der Waals surface area contributed by atoms with Gasteiger partial charge in [-0.1, -0.05) is 38.3 Å². The average Bonchev–Trinajstić information content (AvgIpc) is 2.18. The summed E-state index contributed by atoms with van der Waals surface area (Å²) in [6.07, 6.45) is 7.15. The van der Waals surface area contributed by atoms with Crippen molar-refractivity contribution in [1.29, 1.82) is 0 Å². The Balaban J connectivity index is 2.07. The molecule has 1 rings (SSSR count). The molecule has 0 aliphatic heterocycles. The molecule has 1 fully saturated rings. The molecule has 0 atom stereocenters. The third kappa shape index (κ3) is 4.28. The Morgan fingerprint density at radius 1 is 1.21 bits per heavy atom. The van der Waals surface area contributed by atoms with Gasteiger partial charge in [-0.3, -0.25) is 0 Å². The van der Waals surface area contributed by atoms with Crippen LogP contribution in [0.15, 0.2) is 12.2 Å². The summed E-state index contributed by atoms with van der Waals surface area (Å²) in [5, 5.41) is 3.49. The van der Waals surface area contributed by atoms with Gasteiger partial charge in [0.25, 0.3) is 0 Å². The zero-order valence-corrected chi connectivity index (χ0v) is 9.81. The second kappa shape index (κ2) is 6.23. The molecular formula is C13H25N. The molecule has 1 N–H and O–H groups in total. The van der Waals surface area contributed by atoms with Crippen LogP contribution in [0.1, 0.15) is 46.0 Å². The summed E-state index contributed by atoms with van der Waals surface area (Å²) in [6.45, 7) is 10.5. The number of rotatable bonds is 5. The Morgan fingerprint density at radius 2 is 1.79 bits per heavy atom. The molecule has 1 heteroatoms. The topological polar surface area (TPSA) is 12.0 Å². The van der Waals surface area contributed by atoms with E-state index in [4.69, 9.17) is 0 Å². The molecule has 0 heterocycles. The van der Waals surface area contributed by atoms with Crippen molar-refractivity contribution >= 4 is 0 Å². The lowest BCUT2D eigenvalue weighted by atomic mass is 9.81. The Bertz CT molecular complexity index is 166. The van der Waals surface area contributed by atoms with Gasteiger partial charge >= 0.3 is 0 Å². The predicted molar refractivity (Wildman–Crippen MR) is 63.4 cm³/mol. The molecule has 0 spiro atoms. The maximum Gasteiger partial charge on any atom is 0.0159 e. The molecule has 0 aromatic rings. The van der Waals surface area contributed by atoms with Gasteiger partial charge in [-0.05, 0) is 38.1 Å². The van der Waals surface area contributed by atoms with Gasteiger partial charge in [-0.2, -0.15) is 0 Å². The Morgan fingerprint density at radius 3 is 2.29 bits per heavy atom. The highest BCUT2D eigenvalue weighted by Gasteiger charge is 2.19. The Kier molecular flexibility index (Phi) is 5.24. The largest absolute Gasteiger partial charge is 0.313 e. The molecule has 0 aromatic heterocycles. The van der Waals surface area contributed by atoms with Crippen molar-refractivity contribution in [2.24, 2.45) is 11.8 Å². The fourth-order valence-corrected chi connectivity index (χ4v) is 2.33. The van der Waals surface area contributed by atoms with E-state index in [0.29, 0.717) is 0 Å².